The fourth-order valence-electron chi connectivity index (χ4n) is 2.50. The lowest BCUT2D eigenvalue weighted by Gasteiger charge is -2.22. The van der Waals surface area contributed by atoms with Gasteiger partial charge >= 0.3 is 0 Å². The van der Waals surface area contributed by atoms with Gasteiger partial charge in [0.1, 0.15) is 24.2 Å². The zero-order valence-corrected chi connectivity index (χ0v) is 13.5. The first-order chi connectivity index (χ1) is 11.1. The Morgan fingerprint density at radius 2 is 2.00 bits per heavy atom. The highest BCUT2D eigenvalue weighted by atomic mass is 16.5. The van der Waals surface area contributed by atoms with E-state index in [1.807, 2.05) is 31.2 Å². The molecule has 1 aromatic carbocycles. The summed E-state index contributed by atoms with van der Waals surface area (Å²) in [6, 6.07) is 11.7. The van der Waals surface area contributed by atoms with E-state index < -0.39 is 6.10 Å². The molecule has 0 radical (unpaired) electrons. The molecule has 2 rings (SSSR count). The van der Waals surface area contributed by atoms with Crippen molar-refractivity contribution in [3.05, 3.63) is 54.0 Å². The van der Waals surface area contributed by atoms with Gasteiger partial charge in [-0.3, -0.25) is 0 Å². The van der Waals surface area contributed by atoms with E-state index >= 15 is 0 Å². The van der Waals surface area contributed by atoms with Gasteiger partial charge in [-0.25, -0.2) is 0 Å². The molecule has 23 heavy (non-hydrogen) atoms. The highest BCUT2D eigenvalue weighted by molar-refractivity contribution is 5.29. The molecule has 0 saturated heterocycles. The van der Waals surface area contributed by atoms with Crippen LogP contribution in [0.4, 0.5) is 0 Å². The summed E-state index contributed by atoms with van der Waals surface area (Å²) in [6.07, 6.45) is 6.73. The lowest BCUT2D eigenvalue weighted by atomic mass is 10.0. The van der Waals surface area contributed by atoms with Crippen LogP contribution in [0.25, 0.3) is 0 Å². The largest absolute Gasteiger partial charge is 0.481 e. The van der Waals surface area contributed by atoms with Crippen LogP contribution in [-0.2, 0) is 0 Å². The summed E-state index contributed by atoms with van der Waals surface area (Å²) in [5, 5.41) is 13.6. The fraction of sp³-hybridized carbons (Fsp3) is 0.368. The predicted molar refractivity (Wildman–Crippen MR) is 90.1 cm³/mol. The van der Waals surface area contributed by atoms with Crippen molar-refractivity contribution in [2.45, 2.75) is 38.5 Å². The van der Waals surface area contributed by atoms with Gasteiger partial charge < -0.3 is 19.6 Å². The smallest absolute Gasteiger partial charge is 0.148 e. The molecule has 1 aromatic heterocycles. The van der Waals surface area contributed by atoms with Gasteiger partial charge in [-0.2, -0.15) is 0 Å². The number of ether oxygens (including phenoxy) is 1. The second-order valence-corrected chi connectivity index (χ2v) is 5.62. The molecule has 0 aliphatic heterocycles. The van der Waals surface area contributed by atoms with Gasteiger partial charge in [0.05, 0.1) is 6.26 Å². The van der Waals surface area contributed by atoms with Gasteiger partial charge in [-0.15, -0.1) is 6.42 Å². The summed E-state index contributed by atoms with van der Waals surface area (Å²) in [5.74, 6) is 3.81. The Kier molecular flexibility index (Phi) is 6.28. The maximum absolute atomic E-state index is 10.1. The molecule has 0 saturated carbocycles. The zero-order chi connectivity index (χ0) is 16.7. The first-order valence-corrected chi connectivity index (χ1v) is 7.74. The van der Waals surface area contributed by atoms with Crippen LogP contribution in [0.5, 0.6) is 5.75 Å². The molecule has 3 unspecified atom stereocenters. The van der Waals surface area contributed by atoms with E-state index in [2.05, 4.69) is 18.2 Å². The molecule has 2 aromatic rings. The van der Waals surface area contributed by atoms with Crippen LogP contribution in [0.3, 0.4) is 0 Å². The first kappa shape index (κ1) is 17.1. The standard InChI is InChI=1S/C19H23NO3/c1-4-11-22-17-9-7-16(8-10-17)15(3)20-14(2)13-18(21)19-6-5-12-23-19/h1,5-10,12,14-15,18,20-21H,11,13H2,2-3H3. The Bertz CT molecular complexity index is 613. The van der Waals surface area contributed by atoms with Gasteiger partial charge in [-0.05, 0) is 50.1 Å². The van der Waals surface area contributed by atoms with Crippen LogP contribution < -0.4 is 10.1 Å². The molecule has 0 aliphatic carbocycles. The van der Waals surface area contributed by atoms with Gasteiger partial charge in [0.15, 0.2) is 0 Å². The Morgan fingerprint density at radius 3 is 2.61 bits per heavy atom. The molecule has 4 nitrogen and oxygen atoms in total. The molecular weight excluding hydrogens is 290 g/mol. The zero-order valence-electron chi connectivity index (χ0n) is 13.5. The summed E-state index contributed by atoms with van der Waals surface area (Å²) in [4.78, 5) is 0. The van der Waals surface area contributed by atoms with Crippen molar-refractivity contribution >= 4 is 0 Å². The van der Waals surface area contributed by atoms with Gasteiger partial charge in [0, 0.05) is 12.1 Å². The monoisotopic (exact) mass is 313 g/mol. The second-order valence-electron chi connectivity index (χ2n) is 5.62. The number of aliphatic hydroxyl groups excluding tert-OH is 1. The minimum Gasteiger partial charge on any atom is -0.481 e. The Hall–Kier alpha value is -2.22. The molecule has 1 heterocycles. The Balaban J connectivity index is 1.85. The minimum atomic E-state index is -0.598. The van der Waals surface area contributed by atoms with Crippen molar-refractivity contribution in [3.8, 4) is 18.1 Å². The summed E-state index contributed by atoms with van der Waals surface area (Å²) in [7, 11) is 0. The normalized spacial score (nSPS) is 14.7. The maximum atomic E-state index is 10.1. The molecule has 2 N–H and O–H groups in total. The summed E-state index contributed by atoms with van der Waals surface area (Å²) >= 11 is 0. The average Bonchev–Trinajstić information content (AvgIpc) is 3.07. The fourth-order valence-corrected chi connectivity index (χ4v) is 2.50. The molecule has 0 fully saturated rings. The van der Waals surface area contributed by atoms with Crippen LogP contribution >= 0.6 is 0 Å². The second kappa shape index (κ2) is 8.42. The Morgan fingerprint density at radius 1 is 1.26 bits per heavy atom. The van der Waals surface area contributed by atoms with E-state index in [4.69, 9.17) is 15.6 Å². The number of furan rings is 1. The lowest BCUT2D eigenvalue weighted by Crippen LogP contribution is -2.30. The number of hydrogen-bond donors (Lipinski definition) is 2. The third-order valence-corrected chi connectivity index (χ3v) is 3.69. The highest BCUT2D eigenvalue weighted by Crippen LogP contribution is 2.22. The molecule has 0 amide bonds. The van der Waals surface area contributed by atoms with Crippen LogP contribution in [0.2, 0.25) is 0 Å². The van der Waals surface area contributed by atoms with E-state index in [1.54, 1.807) is 18.4 Å². The van der Waals surface area contributed by atoms with Crippen molar-refractivity contribution in [3.63, 3.8) is 0 Å². The van der Waals surface area contributed by atoms with Crippen LogP contribution in [0.15, 0.2) is 47.1 Å². The number of terminal acetylenes is 1. The van der Waals surface area contributed by atoms with E-state index in [1.165, 1.54) is 0 Å². The molecular formula is C19H23NO3. The SMILES string of the molecule is C#CCOc1ccc(C(C)NC(C)CC(O)c2ccco2)cc1. The summed E-state index contributed by atoms with van der Waals surface area (Å²) < 4.78 is 10.6. The third kappa shape index (κ3) is 5.17. The maximum Gasteiger partial charge on any atom is 0.148 e. The number of benzene rings is 1. The van der Waals surface area contributed by atoms with Crippen molar-refractivity contribution < 1.29 is 14.3 Å². The highest BCUT2D eigenvalue weighted by Gasteiger charge is 2.16. The van der Waals surface area contributed by atoms with Crippen LogP contribution in [0.1, 0.15) is 43.7 Å². The minimum absolute atomic E-state index is 0.141. The number of rotatable bonds is 8. The van der Waals surface area contributed by atoms with Gasteiger partial charge in [0.2, 0.25) is 0 Å². The molecule has 3 atom stereocenters. The van der Waals surface area contributed by atoms with Crippen molar-refractivity contribution in [1.29, 1.82) is 0 Å². The van der Waals surface area contributed by atoms with Crippen LogP contribution in [0, 0.1) is 12.3 Å². The van der Waals surface area contributed by atoms with E-state index in [-0.39, 0.29) is 18.7 Å². The predicted octanol–water partition coefficient (Wildman–Crippen LogP) is 3.45. The number of nitrogens with one attached hydrogen (secondary N) is 1. The number of hydrogen-bond acceptors (Lipinski definition) is 4. The Labute approximate surface area is 137 Å². The summed E-state index contributed by atoms with van der Waals surface area (Å²) in [6.45, 7) is 4.41. The van der Waals surface area contributed by atoms with Crippen LogP contribution in [-0.4, -0.2) is 17.8 Å². The molecule has 4 heteroatoms. The summed E-state index contributed by atoms with van der Waals surface area (Å²) in [5.41, 5.74) is 1.15. The first-order valence-electron chi connectivity index (χ1n) is 7.74. The molecule has 0 bridgehead atoms. The molecule has 0 spiro atoms. The van der Waals surface area contributed by atoms with Gasteiger partial charge in [-0.1, -0.05) is 18.1 Å². The van der Waals surface area contributed by atoms with E-state index in [0.717, 1.165) is 11.3 Å². The topological polar surface area (TPSA) is 54.6 Å². The number of aliphatic hydroxyl groups is 1. The quantitative estimate of drug-likeness (QED) is 0.733. The van der Waals surface area contributed by atoms with E-state index in [9.17, 15) is 5.11 Å². The van der Waals surface area contributed by atoms with Crippen molar-refractivity contribution in [2.24, 2.45) is 0 Å². The van der Waals surface area contributed by atoms with Crippen molar-refractivity contribution in [2.75, 3.05) is 6.61 Å². The van der Waals surface area contributed by atoms with Gasteiger partial charge in [0.25, 0.3) is 0 Å². The van der Waals surface area contributed by atoms with Crippen molar-refractivity contribution in [1.82, 2.24) is 5.32 Å². The molecule has 122 valence electrons. The van der Waals surface area contributed by atoms with E-state index in [0.29, 0.717) is 12.2 Å². The average molecular weight is 313 g/mol. The third-order valence-electron chi connectivity index (χ3n) is 3.69. The molecule has 0 aliphatic rings. The lowest BCUT2D eigenvalue weighted by molar-refractivity contribution is 0.127.